The van der Waals surface area contributed by atoms with Gasteiger partial charge in [-0.1, -0.05) is 195 Å². The van der Waals surface area contributed by atoms with Gasteiger partial charge < -0.3 is 37.7 Å². The predicted molar refractivity (Wildman–Crippen MR) is 404 cm³/mol. The van der Waals surface area contributed by atoms with Gasteiger partial charge in [-0.2, -0.15) is 26.3 Å². The molecular formula is C88H80F8N8O8. The van der Waals surface area contributed by atoms with Crippen molar-refractivity contribution in [3.63, 3.8) is 0 Å². The fraction of sp³-hybridized carbons (Fsp3) is 0.273. The maximum Gasteiger partial charge on any atom is 0.416 e. The Kier molecular flexibility index (Phi) is 24.0. The lowest BCUT2D eigenvalue weighted by Gasteiger charge is -2.17. The molecule has 4 amide bonds. The van der Waals surface area contributed by atoms with Gasteiger partial charge in [-0.05, 0) is 143 Å². The molecule has 24 heteroatoms. The summed E-state index contributed by atoms with van der Waals surface area (Å²) >= 11 is 0. The minimum atomic E-state index is -4.35. The van der Waals surface area contributed by atoms with Crippen LogP contribution in [0.5, 0.6) is 0 Å². The smallest absolute Gasteiger partial charge is 0.355 e. The lowest BCUT2D eigenvalue weighted by molar-refractivity contribution is -0.138. The number of carbonyl (C=O) groups is 4. The molecule has 4 atom stereocenters. The van der Waals surface area contributed by atoms with Gasteiger partial charge in [-0.3, -0.25) is 19.2 Å². The van der Waals surface area contributed by atoms with Crippen molar-refractivity contribution in [2.45, 2.75) is 90.4 Å². The van der Waals surface area contributed by atoms with Crippen molar-refractivity contribution < 1.29 is 72.4 Å². The summed E-state index contributed by atoms with van der Waals surface area (Å²) in [6.45, 7) is 12.7. The number of likely N-dealkylation sites (tertiary alicyclic amines) is 4. The summed E-state index contributed by atoms with van der Waals surface area (Å²) in [5, 5.41) is 15.3. The molecule has 4 aromatic heterocycles. The van der Waals surface area contributed by atoms with Gasteiger partial charge in [0.1, 0.15) is 33.9 Å². The Morgan fingerprint density at radius 2 is 0.661 bits per heavy atom. The third-order valence-corrected chi connectivity index (χ3v) is 20.8. The average Bonchev–Trinajstić information content (AvgIpc) is 1.71. The second-order valence-corrected chi connectivity index (χ2v) is 28.9. The molecule has 112 heavy (non-hydrogen) atoms. The minimum absolute atomic E-state index is 0.00363. The van der Waals surface area contributed by atoms with Gasteiger partial charge in [0, 0.05) is 86.4 Å². The first-order valence-electron chi connectivity index (χ1n) is 36.9. The Morgan fingerprint density at radius 1 is 0.357 bits per heavy atom. The second kappa shape index (κ2) is 34.5. The van der Waals surface area contributed by atoms with Crippen LogP contribution in [-0.2, 0) is 25.2 Å². The summed E-state index contributed by atoms with van der Waals surface area (Å²) in [4.78, 5) is 59.1. The molecule has 4 aliphatic rings. The summed E-state index contributed by atoms with van der Waals surface area (Å²) < 4.78 is 125. The summed E-state index contributed by atoms with van der Waals surface area (Å²) in [6.07, 6.45) is 1.73. The van der Waals surface area contributed by atoms with E-state index in [1.165, 1.54) is 73.3 Å². The van der Waals surface area contributed by atoms with Crippen molar-refractivity contribution in [1.82, 2.24) is 40.2 Å². The molecule has 0 N–H and O–H groups in total. The normalized spacial score (nSPS) is 16.8. The van der Waals surface area contributed by atoms with Crippen LogP contribution in [0.1, 0.15) is 135 Å². The van der Waals surface area contributed by atoms with Crippen LogP contribution in [-0.4, -0.2) is 116 Å². The van der Waals surface area contributed by atoms with Crippen LogP contribution in [0.25, 0.3) is 45.3 Å². The quantitative estimate of drug-likeness (QED) is 0.0940. The molecule has 12 aromatic rings. The van der Waals surface area contributed by atoms with Crippen LogP contribution in [0.4, 0.5) is 35.1 Å². The number of alkyl halides is 6. The largest absolute Gasteiger partial charge is 0.416 e. The Hall–Kier alpha value is -12.1. The molecule has 16 rings (SSSR count). The number of carbonyl (C=O) groups excluding carboxylic acids is 4. The lowest BCUT2D eigenvalue weighted by Crippen LogP contribution is -2.29. The van der Waals surface area contributed by atoms with Gasteiger partial charge in [0.05, 0.1) is 35.9 Å². The first kappa shape index (κ1) is 78.1. The fourth-order valence-electron chi connectivity index (χ4n) is 14.5. The summed E-state index contributed by atoms with van der Waals surface area (Å²) in [6, 6.07) is 54.6. The maximum atomic E-state index is 13.1. The molecule has 0 spiro atoms. The molecule has 4 unspecified atom stereocenters. The molecule has 4 saturated heterocycles. The summed E-state index contributed by atoms with van der Waals surface area (Å²) in [7, 11) is 0. The van der Waals surface area contributed by atoms with E-state index in [0.717, 1.165) is 105 Å². The molecule has 4 fully saturated rings. The van der Waals surface area contributed by atoms with E-state index >= 15 is 0 Å². The van der Waals surface area contributed by atoms with Gasteiger partial charge >= 0.3 is 12.4 Å². The molecule has 576 valence electrons. The minimum Gasteiger partial charge on any atom is -0.355 e. The number of hydrogen-bond acceptors (Lipinski definition) is 12. The van der Waals surface area contributed by atoms with Crippen LogP contribution < -0.4 is 0 Å². The monoisotopic (exact) mass is 1530 g/mol. The van der Waals surface area contributed by atoms with Gasteiger partial charge in [-0.15, -0.1) is 0 Å². The van der Waals surface area contributed by atoms with E-state index in [9.17, 15) is 54.3 Å². The van der Waals surface area contributed by atoms with Crippen LogP contribution >= 0.6 is 0 Å². The molecule has 8 heterocycles. The van der Waals surface area contributed by atoms with Gasteiger partial charge in [-0.25, -0.2) is 8.78 Å². The Labute approximate surface area is 641 Å². The van der Waals surface area contributed by atoms with E-state index < -0.39 is 23.5 Å². The van der Waals surface area contributed by atoms with Gasteiger partial charge in [0.25, 0.3) is 23.6 Å². The van der Waals surface area contributed by atoms with E-state index in [4.69, 9.17) is 18.1 Å². The lowest BCUT2D eigenvalue weighted by atomic mass is 9.97. The van der Waals surface area contributed by atoms with Crippen molar-refractivity contribution in [2.24, 2.45) is 11.8 Å². The zero-order valence-electron chi connectivity index (χ0n) is 61.9. The third kappa shape index (κ3) is 19.0. The van der Waals surface area contributed by atoms with Gasteiger partial charge in [0.2, 0.25) is 0 Å². The highest BCUT2D eigenvalue weighted by atomic mass is 19.4. The molecule has 0 radical (unpaired) electrons. The number of halogens is 8. The van der Waals surface area contributed by atoms with Crippen LogP contribution in [0, 0.1) is 51.2 Å². The van der Waals surface area contributed by atoms with Crippen LogP contribution in [0.15, 0.2) is 237 Å². The zero-order chi connectivity index (χ0) is 78.8. The standard InChI is InChI=1S/C23H21F3N2O2.C22H19F3N2O2.C22H21FN2O2.C21H19FN2O2/c1-15-5-7-18(8-6-15)21-20(13-27-30-21)22(29)28-10-9-17(14-28)11-16-3-2-4-19(12-16)23(24,25)26;1-14-2-4-16(5-3-14)20-19(12-26-29-20)21(28)27-11-10-17(13-27)15-6-8-18(9-7-15)22(23,24)25;1-15-2-6-18(7-3-15)21-20(13-24-27-21)22(26)25-11-10-17(14-25)12-16-4-8-19(23)9-5-16;1-14-2-4-16(5-3-14)20-19(12-23-26-20)21(25)24-11-10-17(13-24)15-6-8-18(22)9-7-15/h2-8,12-13,17H,9-11,14H2,1H3;2-9,12,17H,10-11,13H2,1H3;2-9,13,17H,10-12,14H2,1H3;2-9,12,17H,10-11,13H2,1H3. The molecule has 8 aromatic carbocycles. The maximum absolute atomic E-state index is 13.1. The van der Waals surface area contributed by atoms with Crippen molar-refractivity contribution in [2.75, 3.05) is 52.4 Å². The first-order chi connectivity index (χ1) is 53.8. The van der Waals surface area contributed by atoms with E-state index in [0.29, 0.717) is 122 Å². The third-order valence-electron chi connectivity index (χ3n) is 20.8. The average molecular weight is 1530 g/mol. The molecule has 0 saturated carbocycles. The highest BCUT2D eigenvalue weighted by Crippen LogP contribution is 2.38. The molecular weight excluding hydrogens is 1450 g/mol. The van der Waals surface area contributed by atoms with Crippen molar-refractivity contribution >= 4 is 23.6 Å². The number of aromatic nitrogens is 4. The van der Waals surface area contributed by atoms with Crippen molar-refractivity contribution in [3.8, 4) is 45.3 Å². The SMILES string of the molecule is Cc1ccc(-c2oncc2C(=O)N2CCC(Cc3ccc(F)cc3)C2)cc1.Cc1ccc(-c2oncc2C(=O)N2CCC(Cc3cccc(C(F)(F)F)c3)C2)cc1.Cc1ccc(-c2oncc2C(=O)N2CCC(c3ccc(C(F)(F)F)cc3)C2)cc1.Cc1ccc(-c2oncc2C(=O)N2CCC(c3ccc(F)cc3)C2)cc1. The summed E-state index contributed by atoms with van der Waals surface area (Å²) in [5.41, 5.74) is 11.8. The highest BCUT2D eigenvalue weighted by molar-refractivity contribution is 6.01. The number of amides is 4. The Balaban J connectivity index is 0.000000131. The van der Waals surface area contributed by atoms with E-state index in [-0.39, 0.29) is 53.0 Å². The Bertz CT molecular complexity index is 5200. The Morgan fingerprint density at radius 3 is 1.00 bits per heavy atom. The van der Waals surface area contributed by atoms with E-state index in [1.54, 1.807) is 28.0 Å². The van der Waals surface area contributed by atoms with E-state index in [2.05, 4.69) is 20.6 Å². The van der Waals surface area contributed by atoms with Crippen LogP contribution in [0.3, 0.4) is 0 Å². The molecule has 16 nitrogen and oxygen atoms in total. The number of nitrogens with zero attached hydrogens (tertiary/aromatic N) is 8. The number of rotatable bonds is 14. The molecule has 0 aliphatic carbocycles. The summed E-state index contributed by atoms with van der Waals surface area (Å²) in [5.74, 6) is 1.64. The topological polar surface area (TPSA) is 185 Å². The van der Waals surface area contributed by atoms with E-state index in [1.807, 2.05) is 147 Å². The fourth-order valence-corrected chi connectivity index (χ4v) is 14.5. The van der Waals surface area contributed by atoms with Crippen molar-refractivity contribution in [3.05, 3.63) is 308 Å². The van der Waals surface area contributed by atoms with Crippen LogP contribution in [0.2, 0.25) is 0 Å². The zero-order valence-corrected chi connectivity index (χ0v) is 61.9. The van der Waals surface area contributed by atoms with Gasteiger partial charge in [0.15, 0.2) is 23.0 Å². The first-order valence-corrected chi connectivity index (χ1v) is 36.9. The highest BCUT2D eigenvalue weighted by Gasteiger charge is 2.37. The number of aryl methyl sites for hydroxylation is 4. The second-order valence-electron chi connectivity index (χ2n) is 28.9. The molecule has 4 aliphatic heterocycles. The van der Waals surface area contributed by atoms with Crippen molar-refractivity contribution in [1.29, 1.82) is 0 Å². The predicted octanol–water partition coefficient (Wildman–Crippen LogP) is 19.6. The number of benzene rings is 8. The molecule has 0 bridgehead atoms. The number of hydrogen-bond donors (Lipinski definition) is 0.